The zero-order valence-corrected chi connectivity index (χ0v) is 19.4. The van der Waals surface area contributed by atoms with Crippen LogP contribution >= 0.6 is 0 Å². The molecular weight excluding hydrogens is 429 g/mol. The van der Waals surface area contributed by atoms with E-state index in [0.29, 0.717) is 23.4 Å². The SMILES string of the molecule is CCOC(=O)c1[nH]c(C)c(C([O-])=C2C(=O)C(=O)N(CC[NH+](C)C)C2c2ccc(F)cc2)c1C. The minimum atomic E-state index is -0.947. The summed E-state index contributed by atoms with van der Waals surface area (Å²) in [5.41, 5.74) is 1.27. The molecule has 2 heterocycles. The number of ketones is 1. The number of esters is 1. The Morgan fingerprint density at radius 2 is 1.85 bits per heavy atom. The number of likely N-dealkylation sites (N-methyl/N-ethyl adjacent to an activating group) is 1. The molecule has 2 aromatic rings. The lowest BCUT2D eigenvalue weighted by atomic mass is 9.94. The van der Waals surface area contributed by atoms with Gasteiger partial charge in [-0.2, -0.15) is 0 Å². The van der Waals surface area contributed by atoms with Crippen LogP contribution in [-0.4, -0.2) is 61.3 Å². The topological polar surface area (TPSA) is 107 Å². The highest BCUT2D eigenvalue weighted by atomic mass is 19.1. The van der Waals surface area contributed by atoms with Gasteiger partial charge in [0.05, 0.1) is 39.8 Å². The van der Waals surface area contributed by atoms with Crippen LogP contribution in [0.15, 0.2) is 29.8 Å². The van der Waals surface area contributed by atoms with Crippen molar-refractivity contribution in [1.29, 1.82) is 0 Å². The summed E-state index contributed by atoms with van der Waals surface area (Å²) in [6.07, 6.45) is 0. The van der Waals surface area contributed by atoms with Crippen molar-refractivity contribution in [3.63, 3.8) is 0 Å². The Kier molecular flexibility index (Phi) is 7.02. The summed E-state index contributed by atoms with van der Waals surface area (Å²) in [5, 5.41) is 13.7. The van der Waals surface area contributed by atoms with Crippen LogP contribution in [0.1, 0.15) is 45.8 Å². The van der Waals surface area contributed by atoms with Crippen LogP contribution in [0, 0.1) is 19.7 Å². The molecule has 33 heavy (non-hydrogen) atoms. The summed E-state index contributed by atoms with van der Waals surface area (Å²) in [6, 6.07) is 4.44. The molecule has 176 valence electrons. The predicted octanol–water partition coefficient (Wildman–Crippen LogP) is 0.316. The molecule has 1 unspecified atom stereocenters. The van der Waals surface area contributed by atoms with Crippen molar-refractivity contribution in [3.05, 3.63) is 63.7 Å². The standard InChI is InChI=1S/C24H28FN3O5/c1-6-33-24(32)19-13(2)17(14(3)26-19)21(29)18-20(15-7-9-16(25)10-8-15)28(12-11-27(4)5)23(31)22(18)30/h7-10,20,26,29H,6,11-12H2,1-5H3. The van der Waals surface area contributed by atoms with Crippen LogP contribution < -0.4 is 10.0 Å². The highest BCUT2D eigenvalue weighted by molar-refractivity contribution is 6.46. The van der Waals surface area contributed by atoms with Gasteiger partial charge in [0.1, 0.15) is 11.5 Å². The summed E-state index contributed by atoms with van der Waals surface area (Å²) >= 11 is 0. The van der Waals surface area contributed by atoms with Crippen molar-refractivity contribution in [2.75, 3.05) is 33.8 Å². The Balaban J connectivity index is 2.19. The Hall–Kier alpha value is -3.46. The number of hydrogen-bond donors (Lipinski definition) is 2. The number of hydrogen-bond acceptors (Lipinski definition) is 5. The van der Waals surface area contributed by atoms with E-state index in [4.69, 9.17) is 4.74 Å². The first kappa shape index (κ1) is 24.2. The number of benzene rings is 1. The number of halogens is 1. The maximum atomic E-state index is 13.7. The highest BCUT2D eigenvalue weighted by Gasteiger charge is 2.44. The van der Waals surface area contributed by atoms with Crippen molar-refractivity contribution < 1.29 is 33.5 Å². The van der Waals surface area contributed by atoms with Gasteiger partial charge in [-0.3, -0.25) is 9.59 Å². The van der Waals surface area contributed by atoms with E-state index >= 15 is 0 Å². The number of aromatic amines is 1. The van der Waals surface area contributed by atoms with E-state index in [1.54, 1.807) is 20.8 Å². The molecule has 0 bridgehead atoms. The number of likely N-dealkylation sites (tertiary alicyclic amines) is 1. The number of aromatic nitrogens is 1. The first-order chi connectivity index (χ1) is 15.6. The maximum Gasteiger partial charge on any atom is 0.355 e. The summed E-state index contributed by atoms with van der Waals surface area (Å²) in [7, 11) is 3.82. The van der Waals surface area contributed by atoms with Gasteiger partial charge in [-0.1, -0.05) is 17.9 Å². The first-order valence-corrected chi connectivity index (χ1v) is 10.8. The normalized spacial score (nSPS) is 17.8. The zero-order valence-electron chi connectivity index (χ0n) is 19.4. The number of nitrogens with zero attached hydrogens (tertiary/aromatic N) is 1. The lowest BCUT2D eigenvalue weighted by molar-refractivity contribution is -0.857. The van der Waals surface area contributed by atoms with E-state index in [9.17, 15) is 23.9 Å². The second-order valence-corrected chi connectivity index (χ2v) is 8.33. The highest BCUT2D eigenvalue weighted by Crippen LogP contribution is 2.39. The molecule has 0 aliphatic carbocycles. The average Bonchev–Trinajstić information content (AvgIpc) is 3.19. The zero-order chi connectivity index (χ0) is 24.4. The molecule has 0 saturated carbocycles. The van der Waals surface area contributed by atoms with Crippen molar-refractivity contribution in [2.24, 2.45) is 0 Å². The van der Waals surface area contributed by atoms with Crippen molar-refractivity contribution in [3.8, 4) is 0 Å². The van der Waals surface area contributed by atoms with Crippen LogP contribution in [0.25, 0.3) is 5.76 Å². The van der Waals surface area contributed by atoms with Crippen LogP contribution in [0.4, 0.5) is 4.39 Å². The number of ether oxygens (including phenoxy) is 1. The minimum absolute atomic E-state index is 0.126. The van der Waals surface area contributed by atoms with E-state index in [2.05, 4.69) is 4.98 Å². The summed E-state index contributed by atoms with van der Waals surface area (Å²) in [4.78, 5) is 43.5. The molecule has 9 heteroatoms. The van der Waals surface area contributed by atoms with E-state index in [1.807, 2.05) is 14.1 Å². The number of carbonyl (C=O) groups excluding carboxylic acids is 3. The molecule has 1 amide bonds. The third-order valence-electron chi connectivity index (χ3n) is 5.71. The number of H-pyrrole nitrogens is 1. The van der Waals surface area contributed by atoms with Gasteiger partial charge in [0.25, 0.3) is 5.91 Å². The fourth-order valence-electron chi connectivity index (χ4n) is 4.07. The second-order valence-electron chi connectivity index (χ2n) is 8.33. The summed E-state index contributed by atoms with van der Waals surface area (Å²) in [6.45, 7) is 5.83. The monoisotopic (exact) mass is 457 g/mol. The molecular formula is C24H28FN3O5. The van der Waals surface area contributed by atoms with Crippen molar-refractivity contribution >= 4 is 23.4 Å². The molecule has 1 aromatic heterocycles. The number of Topliss-reactive ketones (excluding diaryl/α,β-unsaturated/α-hetero) is 1. The number of amides is 1. The lowest BCUT2D eigenvalue weighted by Gasteiger charge is -2.28. The van der Waals surface area contributed by atoms with E-state index in [-0.39, 0.29) is 30.0 Å². The van der Waals surface area contributed by atoms with Crippen LogP contribution in [0.5, 0.6) is 0 Å². The molecule has 1 saturated heterocycles. The quantitative estimate of drug-likeness (QED) is 0.270. The Morgan fingerprint density at radius 1 is 1.21 bits per heavy atom. The minimum Gasteiger partial charge on any atom is -0.872 e. The van der Waals surface area contributed by atoms with Gasteiger partial charge in [0.15, 0.2) is 0 Å². The molecule has 3 rings (SSSR count). The van der Waals surface area contributed by atoms with Gasteiger partial charge in [0, 0.05) is 11.3 Å². The third-order valence-corrected chi connectivity index (χ3v) is 5.71. The first-order valence-electron chi connectivity index (χ1n) is 10.8. The van der Waals surface area contributed by atoms with Gasteiger partial charge in [-0.05, 0) is 49.6 Å². The van der Waals surface area contributed by atoms with Crippen LogP contribution in [0.3, 0.4) is 0 Å². The van der Waals surface area contributed by atoms with E-state index in [0.717, 1.165) is 4.90 Å². The summed E-state index contributed by atoms with van der Waals surface area (Å²) < 4.78 is 18.6. The number of carbonyl (C=O) groups is 3. The average molecular weight is 458 g/mol. The largest absolute Gasteiger partial charge is 0.872 e. The molecule has 2 N–H and O–H groups in total. The van der Waals surface area contributed by atoms with Crippen LogP contribution in [-0.2, 0) is 14.3 Å². The molecule has 8 nitrogen and oxygen atoms in total. The Labute approximate surface area is 191 Å². The number of aryl methyl sites for hydroxylation is 1. The molecule has 1 fully saturated rings. The van der Waals surface area contributed by atoms with E-state index < -0.39 is 35.3 Å². The Morgan fingerprint density at radius 3 is 2.42 bits per heavy atom. The molecule has 1 aromatic carbocycles. The van der Waals surface area contributed by atoms with Crippen LogP contribution in [0.2, 0.25) is 0 Å². The smallest absolute Gasteiger partial charge is 0.355 e. The van der Waals surface area contributed by atoms with Gasteiger partial charge >= 0.3 is 5.97 Å². The number of nitrogens with one attached hydrogen (secondary N) is 2. The molecule has 1 atom stereocenters. The fraction of sp³-hybridized carbons (Fsp3) is 0.375. The van der Waals surface area contributed by atoms with E-state index in [1.165, 1.54) is 29.2 Å². The summed E-state index contributed by atoms with van der Waals surface area (Å²) in [5.74, 6) is -3.38. The maximum absolute atomic E-state index is 13.7. The van der Waals surface area contributed by atoms with Gasteiger partial charge < -0.3 is 24.6 Å². The number of quaternary nitrogens is 1. The van der Waals surface area contributed by atoms with Gasteiger partial charge in [0.2, 0.25) is 5.78 Å². The molecule has 1 aliphatic rings. The predicted molar refractivity (Wildman–Crippen MR) is 117 cm³/mol. The molecule has 0 spiro atoms. The van der Waals surface area contributed by atoms with Gasteiger partial charge in [-0.25, -0.2) is 9.18 Å². The van der Waals surface area contributed by atoms with Crippen molar-refractivity contribution in [2.45, 2.75) is 26.8 Å². The van der Waals surface area contributed by atoms with Crippen molar-refractivity contribution in [1.82, 2.24) is 9.88 Å². The second kappa shape index (κ2) is 9.58. The Bertz CT molecular complexity index is 1120. The van der Waals surface area contributed by atoms with Gasteiger partial charge in [-0.15, -0.1) is 0 Å². The fourth-order valence-corrected chi connectivity index (χ4v) is 4.07. The lowest BCUT2D eigenvalue weighted by Crippen LogP contribution is -3.06. The molecule has 0 radical (unpaired) electrons. The number of rotatable bonds is 7. The molecule has 1 aliphatic heterocycles. The third kappa shape index (κ3) is 4.54.